The monoisotopic (exact) mass is 328 g/mol. The molecule has 0 spiro atoms. The van der Waals surface area contributed by atoms with Crippen LogP contribution in [0.15, 0.2) is 48.5 Å². The molecule has 2 rings (SSSR count). The zero-order valence-electron chi connectivity index (χ0n) is 14.2. The summed E-state index contributed by atoms with van der Waals surface area (Å²) < 4.78 is 10.8. The van der Waals surface area contributed by atoms with Crippen molar-refractivity contribution in [1.82, 2.24) is 5.32 Å². The number of carbonyl (C=O) groups is 1. The Hall–Kier alpha value is -2.69. The minimum absolute atomic E-state index is 0.0118. The predicted octanol–water partition coefficient (Wildman–Crippen LogP) is 3.21. The molecule has 0 unspecified atom stereocenters. The van der Waals surface area contributed by atoms with Crippen molar-refractivity contribution in [1.29, 1.82) is 0 Å². The number of carbonyl (C=O) groups excluding carboxylic acids is 1. The van der Waals surface area contributed by atoms with Gasteiger partial charge in [-0.15, -0.1) is 0 Å². The van der Waals surface area contributed by atoms with E-state index in [-0.39, 0.29) is 5.91 Å². The number of hydrogen-bond acceptors (Lipinski definition) is 4. The Morgan fingerprint density at radius 1 is 1.04 bits per heavy atom. The summed E-state index contributed by atoms with van der Waals surface area (Å²) in [6, 6.07) is 15.4. The molecule has 5 heteroatoms. The Bertz CT molecular complexity index is 659. The molecule has 24 heavy (non-hydrogen) atoms. The van der Waals surface area contributed by atoms with Crippen LogP contribution in [0.3, 0.4) is 0 Å². The molecule has 1 amide bonds. The molecule has 0 fully saturated rings. The summed E-state index contributed by atoms with van der Waals surface area (Å²) in [5.74, 6) is 1.57. The molecule has 128 valence electrons. The van der Waals surface area contributed by atoms with Crippen molar-refractivity contribution < 1.29 is 14.3 Å². The minimum Gasteiger partial charge on any atom is -0.496 e. The number of nitrogens with one attached hydrogen (secondary N) is 2. The molecule has 0 aromatic heterocycles. The van der Waals surface area contributed by atoms with Crippen LogP contribution in [0, 0.1) is 0 Å². The fraction of sp³-hybridized carbons (Fsp3) is 0.316. The Morgan fingerprint density at radius 2 is 1.75 bits per heavy atom. The van der Waals surface area contributed by atoms with Gasteiger partial charge in [0, 0.05) is 25.1 Å². The molecule has 0 bridgehead atoms. The van der Waals surface area contributed by atoms with E-state index in [2.05, 4.69) is 10.6 Å². The van der Waals surface area contributed by atoms with Gasteiger partial charge >= 0.3 is 0 Å². The molecule has 0 heterocycles. The van der Waals surface area contributed by atoms with E-state index >= 15 is 0 Å². The topological polar surface area (TPSA) is 59.6 Å². The first-order valence-corrected chi connectivity index (χ1v) is 8.09. The molecule has 0 radical (unpaired) electrons. The van der Waals surface area contributed by atoms with Gasteiger partial charge in [-0.3, -0.25) is 4.79 Å². The van der Waals surface area contributed by atoms with Gasteiger partial charge in [0.05, 0.1) is 19.4 Å². The maximum Gasteiger partial charge on any atom is 0.222 e. The van der Waals surface area contributed by atoms with E-state index in [4.69, 9.17) is 9.47 Å². The van der Waals surface area contributed by atoms with Crippen LogP contribution in [-0.4, -0.2) is 26.2 Å². The highest BCUT2D eigenvalue weighted by atomic mass is 16.5. The zero-order chi connectivity index (χ0) is 17.2. The second kappa shape index (κ2) is 9.45. The number of anilines is 1. The summed E-state index contributed by atoms with van der Waals surface area (Å²) in [5.41, 5.74) is 1.86. The molecule has 5 nitrogen and oxygen atoms in total. The fourth-order valence-electron chi connectivity index (χ4n) is 2.34. The first-order valence-electron chi connectivity index (χ1n) is 8.09. The summed E-state index contributed by atoms with van der Waals surface area (Å²) in [6.07, 6.45) is 0.385. The van der Waals surface area contributed by atoms with Crippen LogP contribution in [0.25, 0.3) is 0 Å². The lowest BCUT2D eigenvalue weighted by Gasteiger charge is -2.12. The lowest BCUT2D eigenvalue weighted by atomic mass is 10.2. The second-order valence-corrected chi connectivity index (χ2v) is 5.19. The van der Waals surface area contributed by atoms with Gasteiger partial charge in [-0.1, -0.05) is 30.3 Å². The van der Waals surface area contributed by atoms with E-state index < -0.39 is 0 Å². The third kappa shape index (κ3) is 5.19. The van der Waals surface area contributed by atoms with Crippen LogP contribution in [0.1, 0.15) is 18.9 Å². The van der Waals surface area contributed by atoms with E-state index in [1.165, 1.54) is 0 Å². The lowest BCUT2D eigenvalue weighted by Crippen LogP contribution is -2.25. The first kappa shape index (κ1) is 17.7. The number of hydrogen-bond donors (Lipinski definition) is 2. The summed E-state index contributed by atoms with van der Waals surface area (Å²) in [6.45, 7) is 3.56. The molecule has 2 aromatic carbocycles. The molecule has 0 atom stereocenters. The Kier molecular flexibility index (Phi) is 6.95. The minimum atomic E-state index is -0.0118. The third-order valence-electron chi connectivity index (χ3n) is 3.52. The fourth-order valence-corrected chi connectivity index (χ4v) is 2.34. The van der Waals surface area contributed by atoms with Crippen LogP contribution in [0.2, 0.25) is 0 Å². The van der Waals surface area contributed by atoms with Gasteiger partial charge in [-0.25, -0.2) is 0 Å². The SMILES string of the molecule is CCOc1ccccc1NCCC(=O)NCc1ccccc1OC. The van der Waals surface area contributed by atoms with Crippen LogP contribution in [0.5, 0.6) is 11.5 Å². The summed E-state index contributed by atoms with van der Waals surface area (Å²) in [7, 11) is 1.63. The van der Waals surface area contributed by atoms with E-state index in [1.807, 2.05) is 55.5 Å². The highest BCUT2D eigenvalue weighted by Gasteiger charge is 2.06. The van der Waals surface area contributed by atoms with E-state index in [1.54, 1.807) is 7.11 Å². The average molecular weight is 328 g/mol. The van der Waals surface area contributed by atoms with Crippen LogP contribution >= 0.6 is 0 Å². The second-order valence-electron chi connectivity index (χ2n) is 5.19. The van der Waals surface area contributed by atoms with E-state index in [0.717, 1.165) is 22.7 Å². The highest BCUT2D eigenvalue weighted by Crippen LogP contribution is 2.23. The third-order valence-corrected chi connectivity index (χ3v) is 3.52. The molecule has 0 aliphatic rings. The van der Waals surface area contributed by atoms with Crippen molar-refractivity contribution in [2.45, 2.75) is 19.9 Å². The summed E-state index contributed by atoms with van der Waals surface area (Å²) in [5, 5.41) is 6.15. The first-order chi connectivity index (χ1) is 11.7. The molecular formula is C19H24N2O3. The molecule has 2 N–H and O–H groups in total. The maximum absolute atomic E-state index is 12.0. The van der Waals surface area contributed by atoms with E-state index in [9.17, 15) is 4.79 Å². The molecule has 0 saturated carbocycles. The van der Waals surface area contributed by atoms with Crippen molar-refractivity contribution in [2.24, 2.45) is 0 Å². The quantitative estimate of drug-likeness (QED) is 0.742. The van der Waals surface area contributed by atoms with Gasteiger partial charge in [0.15, 0.2) is 0 Å². The normalized spacial score (nSPS) is 10.1. The number of benzene rings is 2. The van der Waals surface area contributed by atoms with Gasteiger partial charge in [-0.05, 0) is 25.1 Å². The molecule has 2 aromatic rings. The van der Waals surface area contributed by atoms with Crippen molar-refractivity contribution in [3.8, 4) is 11.5 Å². The van der Waals surface area contributed by atoms with Crippen LogP contribution in [0.4, 0.5) is 5.69 Å². The highest BCUT2D eigenvalue weighted by molar-refractivity contribution is 5.76. The molecule has 0 aliphatic carbocycles. The van der Waals surface area contributed by atoms with Crippen molar-refractivity contribution in [3.63, 3.8) is 0 Å². The maximum atomic E-state index is 12.0. The summed E-state index contributed by atoms with van der Waals surface area (Å²) >= 11 is 0. The lowest BCUT2D eigenvalue weighted by molar-refractivity contribution is -0.121. The number of amides is 1. The van der Waals surface area contributed by atoms with Crippen molar-refractivity contribution in [2.75, 3.05) is 25.6 Å². The number of para-hydroxylation sites is 3. The van der Waals surface area contributed by atoms with Gasteiger partial charge in [0.25, 0.3) is 0 Å². The smallest absolute Gasteiger partial charge is 0.222 e. The van der Waals surface area contributed by atoms with Gasteiger partial charge in [-0.2, -0.15) is 0 Å². The Labute approximate surface area is 143 Å². The van der Waals surface area contributed by atoms with Crippen molar-refractivity contribution >= 4 is 11.6 Å². The molecular weight excluding hydrogens is 304 g/mol. The number of ether oxygens (including phenoxy) is 2. The molecule has 0 saturated heterocycles. The average Bonchev–Trinajstić information content (AvgIpc) is 2.62. The van der Waals surface area contributed by atoms with Crippen molar-refractivity contribution in [3.05, 3.63) is 54.1 Å². The van der Waals surface area contributed by atoms with Crippen LogP contribution in [-0.2, 0) is 11.3 Å². The van der Waals surface area contributed by atoms with Gasteiger partial charge < -0.3 is 20.1 Å². The van der Waals surface area contributed by atoms with Gasteiger partial charge in [0.2, 0.25) is 5.91 Å². The van der Waals surface area contributed by atoms with E-state index in [0.29, 0.717) is 26.1 Å². The van der Waals surface area contributed by atoms with Crippen LogP contribution < -0.4 is 20.1 Å². The molecule has 0 aliphatic heterocycles. The zero-order valence-corrected chi connectivity index (χ0v) is 14.2. The number of methoxy groups -OCH3 is 1. The Balaban J connectivity index is 1.78. The largest absolute Gasteiger partial charge is 0.496 e. The standard InChI is InChI=1S/C19H24N2O3/c1-3-24-18-11-7-5-9-16(18)20-13-12-19(22)21-14-15-8-4-6-10-17(15)23-2/h4-11,20H,3,12-14H2,1-2H3,(H,21,22). The summed E-state index contributed by atoms with van der Waals surface area (Å²) in [4.78, 5) is 12.0. The predicted molar refractivity (Wildman–Crippen MR) is 95.6 cm³/mol. The van der Waals surface area contributed by atoms with Gasteiger partial charge in [0.1, 0.15) is 11.5 Å². The number of rotatable bonds is 9. The Morgan fingerprint density at radius 3 is 2.50 bits per heavy atom.